The van der Waals surface area contributed by atoms with Crippen molar-refractivity contribution in [3.8, 4) is 0 Å². The summed E-state index contributed by atoms with van der Waals surface area (Å²) in [4.78, 5) is 0. The Hall–Kier alpha value is -0.885. The van der Waals surface area contributed by atoms with Gasteiger partial charge in [-0.1, -0.05) is 0 Å². The first-order chi connectivity index (χ1) is 9.87. The third kappa shape index (κ3) is 3.01. The van der Waals surface area contributed by atoms with Crippen molar-refractivity contribution in [2.75, 3.05) is 19.8 Å². The van der Waals surface area contributed by atoms with Crippen molar-refractivity contribution in [2.45, 2.75) is 51.5 Å². The van der Waals surface area contributed by atoms with Crippen LogP contribution in [0.3, 0.4) is 0 Å². The van der Waals surface area contributed by atoms with Gasteiger partial charge in [0.25, 0.3) is 0 Å². The molecule has 0 saturated carbocycles. The molecule has 2 aliphatic rings. The molecule has 0 bridgehead atoms. The number of hydrogen-bond acceptors (Lipinski definition) is 5. The smallest absolute Gasteiger partial charge is 0.399 e. The number of nitrogens with zero attached hydrogens (tertiary/aromatic N) is 2. The van der Waals surface area contributed by atoms with E-state index in [2.05, 4.69) is 5.10 Å². The average molecular weight is 294 g/mol. The van der Waals surface area contributed by atoms with Crippen molar-refractivity contribution >= 4 is 12.6 Å². The summed E-state index contributed by atoms with van der Waals surface area (Å²) in [6.07, 6.45) is 3.82. The first kappa shape index (κ1) is 15.0. The van der Waals surface area contributed by atoms with Crippen LogP contribution in [0.15, 0.2) is 12.4 Å². The Kier molecular flexibility index (Phi) is 3.86. The third-order valence-electron chi connectivity index (χ3n) is 4.45. The fourth-order valence-corrected chi connectivity index (χ4v) is 2.43. The Morgan fingerprint density at radius 1 is 1.24 bits per heavy atom. The molecule has 1 aromatic heterocycles. The van der Waals surface area contributed by atoms with Gasteiger partial charge < -0.3 is 18.8 Å². The molecule has 1 atom stereocenters. The predicted molar refractivity (Wildman–Crippen MR) is 78.5 cm³/mol. The molecule has 1 aromatic rings. The summed E-state index contributed by atoms with van der Waals surface area (Å²) >= 11 is 0. The maximum Gasteiger partial charge on any atom is 0.498 e. The maximum absolute atomic E-state index is 6.02. The van der Waals surface area contributed by atoms with E-state index in [9.17, 15) is 0 Å². The number of hydrogen-bond donors (Lipinski definition) is 0. The minimum absolute atomic E-state index is 0.0600. The maximum atomic E-state index is 6.02. The molecule has 21 heavy (non-hydrogen) atoms. The number of rotatable bonds is 3. The fraction of sp³-hybridized carbons (Fsp3) is 0.786. The SMILES string of the molecule is CC1(C)OB(c2cnn(C[C@H]3COCCO3)c2)OC1(C)C. The van der Waals surface area contributed by atoms with E-state index in [-0.39, 0.29) is 24.4 Å². The lowest BCUT2D eigenvalue weighted by Crippen LogP contribution is -2.41. The lowest BCUT2D eigenvalue weighted by molar-refractivity contribution is -0.0946. The summed E-state index contributed by atoms with van der Waals surface area (Å²) in [7, 11) is -0.368. The van der Waals surface area contributed by atoms with Crippen LogP contribution in [-0.2, 0) is 25.3 Å². The molecule has 0 unspecified atom stereocenters. The van der Waals surface area contributed by atoms with Gasteiger partial charge in [0.15, 0.2) is 0 Å². The zero-order chi connectivity index (χ0) is 15.1. The van der Waals surface area contributed by atoms with Gasteiger partial charge in [0.05, 0.1) is 37.6 Å². The van der Waals surface area contributed by atoms with Gasteiger partial charge in [0.1, 0.15) is 6.10 Å². The summed E-state index contributed by atoms with van der Waals surface area (Å²) in [5.41, 5.74) is 0.269. The molecule has 0 aliphatic carbocycles. The van der Waals surface area contributed by atoms with Crippen LogP contribution in [0, 0.1) is 0 Å². The Morgan fingerprint density at radius 2 is 1.95 bits per heavy atom. The van der Waals surface area contributed by atoms with Gasteiger partial charge in [-0.05, 0) is 27.7 Å². The Labute approximate surface area is 125 Å². The summed E-state index contributed by atoms with van der Waals surface area (Å²) in [5, 5.41) is 4.37. The van der Waals surface area contributed by atoms with Gasteiger partial charge in [-0.3, -0.25) is 4.68 Å². The van der Waals surface area contributed by atoms with Crippen LogP contribution < -0.4 is 5.46 Å². The molecule has 3 rings (SSSR count). The predicted octanol–water partition coefficient (Wildman–Crippen LogP) is 0.598. The monoisotopic (exact) mass is 294 g/mol. The standard InChI is InChI=1S/C14H23BN2O4/c1-13(2)14(3,4)21-15(20-13)11-7-16-17(8-11)9-12-10-18-5-6-19-12/h7-8,12H,5-6,9-10H2,1-4H3/t12-/m0/s1. The molecular weight excluding hydrogens is 271 g/mol. The van der Waals surface area contributed by atoms with E-state index < -0.39 is 0 Å². The van der Waals surface area contributed by atoms with Crippen LogP contribution in [0.1, 0.15) is 27.7 Å². The van der Waals surface area contributed by atoms with Crippen molar-refractivity contribution in [3.05, 3.63) is 12.4 Å². The second-order valence-corrected chi connectivity index (χ2v) is 6.65. The normalized spacial score (nSPS) is 28.0. The molecule has 116 valence electrons. The highest BCUT2D eigenvalue weighted by Crippen LogP contribution is 2.36. The minimum atomic E-state index is -0.368. The van der Waals surface area contributed by atoms with E-state index in [1.54, 1.807) is 6.20 Å². The van der Waals surface area contributed by atoms with Gasteiger partial charge in [0, 0.05) is 17.9 Å². The molecule has 0 amide bonds. The average Bonchev–Trinajstić information content (AvgIpc) is 2.94. The fourth-order valence-electron chi connectivity index (χ4n) is 2.43. The Balaban J connectivity index is 1.65. The third-order valence-corrected chi connectivity index (χ3v) is 4.45. The van der Waals surface area contributed by atoms with Crippen molar-refractivity contribution in [3.63, 3.8) is 0 Å². The van der Waals surface area contributed by atoms with Gasteiger partial charge in [0.2, 0.25) is 0 Å². The highest BCUT2D eigenvalue weighted by Gasteiger charge is 2.52. The van der Waals surface area contributed by atoms with Gasteiger partial charge in [-0.25, -0.2) is 0 Å². The van der Waals surface area contributed by atoms with Crippen LogP contribution in [0.4, 0.5) is 0 Å². The molecule has 3 heterocycles. The summed E-state index contributed by atoms with van der Waals surface area (Å²) in [6.45, 7) is 10.8. The van der Waals surface area contributed by atoms with E-state index in [0.717, 1.165) is 5.46 Å². The lowest BCUT2D eigenvalue weighted by Gasteiger charge is -2.32. The van der Waals surface area contributed by atoms with Crippen molar-refractivity contribution in [2.24, 2.45) is 0 Å². The van der Waals surface area contributed by atoms with Crippen molar-refractivity contribution in [1.82, 2.24) is 9.78 Å². The Bertz CT molecular complexity index is 481. The molecule has 0 aromatic carbocycles. The van der Waals surface area contributed by atoms with Crippen molar-refractivity contribution in [1.29, 1.82) is 0 Å². The van der Waals surface area contributed by atoms with Gasteiger partial charge in [-0.15, -0.1) is 0 Å². The minimum Gasteiger partial charge on any atom is -0.399 e. The zero-order valence-electron chi connectivity index (χ0n) is 13.2. The molecule has 0 N–H and O–H groups in total. The van der Waals surface area contributed by atoms with E-state index in [1.165, 1.54) is 0 Å². The second kappa shape index (κ2) is 5.39. The first-order valence-electron chi connectivity index (χ1n) is 7.45. The first-order valence-corrected chi connectivity index (χ1v) is 7.45. The summed E-state index contributed by atoms with van der Waals surface area (Å²) in [5.74, 6) is 0. The topological polar surface area (TPSA) is 54.7 Å². The summed E-state index contributed by atoms with van der Waals surface area (Å²) < 4.78 is 24.9. The molecule has 7 heteroatoms. The van der Waals surface area contributed by atoms with E-state index in [1.807, 2.05) is 38.6 Å². The highest BCUT2D eigenvalue weighted by atomic mass is 16.7. The lowest BCUT2D eigenvalue weighted by atomic mass is 9.82. The quantitative estimate of drug-likeness (QED) is 0.764. The number of aromatic nitrogens is 2. The highest BCUT2D eigenvalue weighted by molar-refractivity contribution is 6.61. The second-order valence-electron chi connectivity index (χ2n) is 6.65. The summed E-state index contributed by atoms with van der Waals surface area (Å²) in [6, 6.07) is 0. The van der Waals surface area contributed by atoms with E-state index >= 15 is 0 Å². The molecule has 0 radical (unpaired) electrons. The molecule has 6 nitrogen and oxygen atoms in total. The molecule has 2 saturated heterocycles. The van der Waals surface area contributed by atoms with Crippen LogP contribution in [0.2, 0.25) is 0 Å². The largest absolute Gasteiger partial charge is 0.498 e. The van der Waals surface area contributed by atoms with Gasteiger partial charge in [-0.2, -0.15) is 5.10 Å². The van der Waals surface area contributed by atoms with Crippen LogP contribution in [-0.4, -0.2) is 54.0 Å². The van der Waals surface area contributed by atoms with E-state index in [4.69, 9.17) is 18.8 Å². The van der Waals surface area contributed by atoms with Crippen LogP contribution in [0.5, 0.6) is 0 Å². The molecule has 2 aliphatic heterocycles. The van der Waals surface area contributed by atoms with Crippen LogP contribution >= 0.6 is 0 Å². The van der Waals surface area contributed by atoms with Crippen LogP contribution in [0.25, 0.3) is 0 Å². The molecule has 0 spiro atoms. The van der Waals surface area contributed by atoms with E-state index in [0.29, 0.717) is 26.4 Å². The number of ether oxygens (including phenoxy) is 2. The zero-order valence-corrected chi connectivity index (χ0v) is 13.2. The Morgan fingerprint density at radius 3 is 2.57 bits per heavy atom. The molecule has 2 fully saturated rings. The molecular formula is C14H23BN2O4. The van der Waals surface area contributed by atoms with Gasteiger partial charge >= 0.3 is 7.12 Å². The van der Waals surface area contributed by atoms with Crippen molar-refractivity contribution < 1.29 is 18.8 Å².